The number of rotatable bonds is 3. The first-order valence-electron chi connectivity index (χ1n) is 3.87. The fraction of sp³-hybridized carbons (Fsp3) is 0.429. The maximum atomic E-state index is 12.1. The first kappa shape index (κ1) is 11.7. The smallest absolute Gasteiger partial charge is 0.387 e. The molecule has 0 aromatic carbocycles. The molecule has 0 atom stereocenters. The summed E-state index contributed by atoms with van der Waals surface area (Å²) in [6, 6.07) is 0. The van der Waals surface area contributed by atoms with Crippen molar-refractivity contribution < 1.29 is 13.5 Å². The highest BCUT2D eigenvalue weighted by Crippen LogP contribution is 2.33. The predicted molar refractivity (Wildman–Crippen MR) is 52.4 cm³/mol. The molecular weight excluding hydrogens is 230 g/mol. The Morgan fingerprint density at radius 2 is 2.00 bits per heavy atom. The van der Waals surface area contributed by atoms with Crippen molar-refractivity contribution >= 4 is 23.4 Å². The number of hydrogen-bond donors (Lipinski definition) is 1. The van der Waals surface area contributed by atoms with E-state index >= 15 is 0 Å². The van der Waals surface area contributed by atoms with Crippen LogP contribution in [0, 0.1) is 0 Å². The molecule has 0 aliphatic heterocycles. The van der Waals surface area contributed by atoms with Crippen molar-refractivity contribution in [3.63, 3.8) is 0 Å². The Balaban J connectivity index is 3.21. The second kappa shape index (κ2) is 4.43. The molecule has 0 fully saturated rings. The molecule has 1 aromatic heterocycles. The molecule has 2 N–H and O–H groups in total. The highest BCUT2D eigenvalue weighted by Gasteiger charge is 2.18. The van der Waals surface area contributed by atoms with Crippen LogP contribution in [-0.2, 0) is 0 Å². The van der Waals surface area contributed by atoms with E-state index in [4.69, 9.17) is 17.3 Å². The Kier molecular flexibility index (Phi) is 3.46. The summed E-state index contributed by atoms with van der Waals surface area (Å²) >= 11 is 5.61. The van der Waals surface area contributed by atoms with E-state index in [-0.39, 0.29) is 22.7 Å². The molecule has 0 aliphatic carbocycles. The minimum Gasteiger partial charge on any atom is -0.428 e. The Hall–Kier alpha value is -1.37. The molecule has 0 amide bonds. The molecule has 1 rings (SSSR count). The second-order valence-corrected chi connectivity index (χ2v) is 3.16. The van der Waals surface area contributed by atoms with Crippen molar-refractivity contribution in [1.29, 1.82) is 0 Å². The first-order valence-corrected chi connectivity index (χ1v) is 4.24. The number of alkyl halides is 2. The third kappa shape index (κ3) is 2.79. The SMILES string of the molecule is CN(C)c1nc(N)nc(Cl)c1OC(F)F. The Bertz CT molecular complexity index is 361. The molecule has 84 valence electrons. The van der Waals surface area contributed by atoms with E-state index in [9.17, 15) is 8.78 Å². The molecule has 8 heteroatoms. The van der Waals surface area contributed by atoms with E-state index in [2.05, 4.69) is 14.7 Å². The number of anilines is 2. The minimum absolute atomic E-state index is 0.104. The predicted octanol–water partition coefficient (Wildman–Crippen LogP) is 1.38. The second-order valence-electron chi connectivity index (χ2n) is 2.80. The maximum Gasteiger partial charge on any atom is 0.387 e. The molecule has 0 unspecified atom stereocenters. The van der Waals surface area contributed by atoms with Crippen LogP contribution in [0.4, 0.5) is 20.5 Å². The van der Waals surface area contributed by atoms with Gasteiger partial charge in [-0.3, -0.25) is 0 Å². The number of nitrogens with zero attached hydrogens (tertiary/aromatic N) is 3. The highest BCUT2D eigenvalue weighted by atomic mass is 35.5. The summed E-state index contributed by atoms with van der Waals surface area (Å²) in [5.41, 5.74) is 5.32. The average molecular weight is 239 g/mol. The summed E-state index contributed by atoms with van der Waals surface area (Å²) in [6.07, 6.45) is 0. The number of halogens is 3. The van der Waals surface area contributed by atoms with E-state index < -0.39 is 6.61 Å². The van der Waals surface area contributed by atoms with Crippen LogP contribution in [0.3, 0.4) is 0 Å². The van der Waals surface area contributed by atoms with Gasteiger partial charge in [0.25, 0.3) is 0 Å². The van der Waals surface area contributed by atoms with Gasteiger partial charge in [-0.15, -0.1) is 0 Å². The zero-order valence-electron chi connectivity index (χ0n) is 8.04. The van der Waals surface area contributed by atoms with Crippen molar-refractivity contribution in [2.45, 2.75) is 6.61 Å². The quantitative estimate of drug-likeness (QED) is 0.806. The maximum absolute atomic E-state index is 12.1. The van der Waals surface area contributed by atoms with Gasteiger partial charge in [0.05, 0.1) is 0 Å². The third-order valence-corrected chi connectivity index (χ3v) is 1.71. The molecule has 0 radical (unpaired) electrons. The molecule has 0 saturated carbocycles. The van der Waals surface area contributed by atoms with E-state index in [0.717, 1.165) is 0 Å². The summed E-state index contributed by atoms with van der Waals surface area (Å²) in [4.78, 5) is 8.70. The normalized spacial score (nSPS) is 10.5. The van der Waals surface area contributed by atoms with Crippen molar-refractivity contribution in [3.8, 4) is 5.75 Å². The Morgan fingerprint density at radius 3 is 2.47 bits per heavy atom. The summed E-state index contributed by atoms with van der Waals surface area (Å²) in [7, 11) is 3.19. The van der Waals surface area contributed by atoms with Crippen LogP contribution in [0.25, 0.3) is 0 Å². The zero-order chi connectivity index (χ0) is 11.6. The van der Waals surface area contributed by atoms with Crippen LogP contribution in [0.2, 0.25) is 5.15 Å². The molecule has 1 heterocycles. The van der Waals surface area contributed by atoms with Gasteiger partial charge in [0.1, 0.15) is 0 Å². The molecular formula is C7H9ClF2N4O. The van der Waals surface area contributed by atoms with Gasteiger partial charge in [0.2, 0.25) is 11.7 Å². The van der Waals surface area contributed by atoms with Crippen LogP contribution in [0.15, 0.2) is 0 Å². The molecule has 0 saturated heterocycles. The van der Waals surface area contributed by atoms with Gasteiger partial charge < -0.3 is 15.4 Å². The summed E-state index contributed by atoms with van der Waals surface area (Å²) in [5, 5.41) is -0.244. The van der Waals surface area contributed by atoms with Gasteiger partial charge in [-0.2, -0.15) is 18.7 Å². The highest BCUT2D eigenvalue weighted by molar-refractivity contribution is 6.31. The number of nitrogens with two attached hydrogens (primary N) is 1. The van der Waals surface area contributed by atoms with Gasteiger partial charge in [-0.1, -0.05) is 11.6 Å². The number of hydrogen-bond acceptors (Lipinski definition) is 5. The lowest BCUT2D eigenvalue weighted by Gasteiger charge is -2.16. The van der Waals surface area contributed by atoms with Crippen LogP contribution in [-0.4, -0.2) is 30.7 Å². The van der Waals surface area contributed by atoms with Gasteiger partial charge in [0, 0.05) is 14.1 Å². The van der Waals surface area contributed by atoms with Crippen molar-refractivity contribution in [2.24, 2.45) is 0 Å². The lowest BCUT2D eigenvalue weighted by molar-refractivity contribution is -0.0498. The van der Waals surface area contributed by atoms with Crippen LogP contribution in [0.1, 0.15) is 0 Å². The fourth-order valence-electron chi connectivity index (χ4n) is 0.921. The summed E-state index contributed by atoms with van der Waals surface area (Å²) in [5.74, 6) is -0.288. The zero-order valence-corrected chi connectivity index (χ0v) is 8.79. The van der Waals surface area contributed by atoms with Crippen molar-refractivity contribution in [3.05, 3.63) is 5.15 Å². The monoisotopic (exact) mass is 238 g/mol. The van der Waals surface area contributed by atoms with E-state index in [1.165, 1.54) is 4.90 Å². The van der Waals surface area contributed by atoms with E-state index in [1.807, 2.05) is 0 Å². The van der Waals surface area contributed by atoms with Gasteiger partial charge in [0.15, 0.2) is 11.0 Å². The summed E-state index contributed by atoms with van der Waals surface area (Å²) < 4.78 is 28.3. The number of aromatic nitrogens is 2. The van der Waals surface area contributed by atoms with E-state index in [1.54, 1.807) is 14.1 Å². The molecule has 0 bridgehead atoms. The topological polar surface area (TPSA) is 64.3 Å². The Morgan fingerprint density at radius 1 is 1.40 bits per heavy atom. The van der Waals surface area contributed by atoms with Crippen LogP contribution >= 0.6 is 11.6 Å². The van der Waals surface area contributed by atoms with E-state index in [0.29, 0.717) is 0 Å². The van der Waals surface area contributed by atoms with Gasteiger partial charge >= 0.3 is 6.61 Å². The Labute approximate surface area is 89.8 Å². The molecule has 15 heavy (non-hydrogen) atoms. The van der Waals surface area contributed by atoms with Crippen LogP contribution in [0.5, 0.6) is 5.75 Å². The molecule has 0 aliphatic rings. The minimum atomic E-state index is -2.99. The molecule has 5 nitrogen and oxygen atoms in total. The molecule has 0 spiro atoms. The standard InChI is InChI=1S/C7H9ClF2N4O/c1-14(2)5-3(15-6(9)10)4(8)12-7(11)13-5/h6H,1-2H3,(H2,11,12,13). The van der Waals surface area contributed by atoms with Gasteiger partial charge in [-0.25, -0.2) is 0 Å². The number of nitrogen functional groups attached to an aromatic ring is 1. The first-order chi connectivity index (χ1) is 6.91. The van der Waals surface area contributed by atoms with Crippen molar-refractivity contribution in [2.75, 3.05) is 24.7 Å². The van der Waals surface area contributed by atoms with Crippen LogP contribution < -0.4 is 15.4 Å². The molecule has 1 aromatic rings. The fourth-order valence-corrected chi connectivity index (χ4v) is 1.14. The average Bonchev–Trinajstić information content (AvgIpc) is 2.08. The third-order valence-electron chi connectivity index (χ3n) is 1.45. The van der Waals surface area contributed by atoms with Gasteiger partial charge in [-0.05, 0) is 0 Å². The largest absolute Gasteiger partial charge is 0.428 e. The lowest BCUT2D eigenvalue weighted by atomic mass is 10.5. The summed E-state index contributed by atoms with van der Waals surface area (Å²) in [6.45, 7) is -2.99. The van der Waals surface area contributed by atoms with Crippen molar-refractivity contribution in [1.82, 2.24) is 9.97 Å². The lowest BCUT2D eigenvalue weighted by Crippen LogP contribution is -2.16. The number of ether oxygens (including phenoxy) is 1.